The van der Waals surface area contributed by atoms with Crippen molar-refractivity contribution in [1.82, 2.24) is 5.32 Å². The molecule has 1 aromatic rings. The summed E-state index contributed by atoms with van der Waals surface area (Å²) >= 11 is 5.27. The van der Waals surface area contributed by atoms with Crippen LogP contribution in [-0.2, 0) is 4.74 Å². The second-order valence-electron chi connectivity index (χ2n) is 4.76. The minimum atomic E-state index is 0.399. The van der Waals surface area contributed by atoms with Crippen molar-refractivity contribution in [3.05, 3.63) is 24.3 Å². The fourth-order valence-electron chi connectivity index (χ4n) is 2.20. The van der Waals surface area contributed by atoms with E-state index < -0.39 is 0 Å². The summed E-state index contributed by atoms with van der Waals surface area (Å²) in [6.45, 7) is 4.39. The molecule has 4 nitrogen and oxygen atoms in total. The molecule has 2 rings (SSSR count). The molecule has 0 radical (unpaired) electrons. The Kier molecular flexibility index (Phi) is 6.08. The molecule has 1 aliphatic heterocycles. The van der Waals surface area contributed by atoms with Crippen molar-refractivity contribution in [3.63, 3.8) is 0 Å². The normalized spacial score (nSPS) is 17.8. The summed E-state index contributed by atoms with van der Waals surface area (Å²) in [6.07, 6.45) is 3.75. The Balaban J connectivity index is 1.67. The van der Waals surface area contributed by atoms with Crippen LogP contribution >= 0.6 is 12.2 Å². The average molecular weight is 294 g/mol. The van der Waals surface area contributed by atoms with E-state index in [1.54, 1.807) is 0 Å². The third-order valence-electron chi connectivity index (χ3n) is 3.20. The molecule has 1 fully saturated rings. The lowest BCUT2D eigenvalue weighted by Crippen LogP contribution is -2.30. The van der Waals surface area contributed by atoms with Crippen molar-refractivity contribution in [1.29, 1.82) is 0 Å². The van der Waals surface area contributed by atoms with E-state index in [0.717, 1.165) is 31.0 Å². The fourth-order valence-corrected chi connectivity index (χ4v) is 2.42. The van der Waals surface area contributed by atoms with Crippen LogP contribution in [0.1, 0.15) is 26.2 Å². The van der Waals surface area contributed by atoms with Crippen molar-refractivity contribution >= 4 is 23.0 Å². The second kappa shape index (κ2) is 8.07. The largest absolute Gasteiger partial charge is 0.494 e. The van der Waals surface area contributed by atoms with Crippen LogP contribution in [0.5, 0.6) is 5.75 Å². The van der Waals surface area contributed by atoms with Gasteiger partial charge in [-0.1, -0.05) is 0 Å². The zero-order valence-corrected chi connectivity index (χ0v) is 12.7. The Hall–Kier alpha value is -1.33. The van der Waals surface area contributed by atoms with Gasteiger partial charge in [0.15, 0.2) is 5.11 Å². The van der Waals surface area contributed by atoms with E-state index in [-0.39, 0.29) is 0 Å². The average Bonchev–Trinajstić information content (AvgIpc) is 2.94. The van der Waals surface area contributed by atoms with Gasteiger partial charge in [-0.25, -0.2) is 0 Å². The molecule has 2 N–H and O–H groups in total. The SMILES string of the molecule is CCOc1ccc(NC(=S)NCCC2CCCO2)cc1. The first kappa shape index (κ1) is 15.1. The molecule has 0 saturated carbocycles. The highest BCUT2D eigenvalue weighted by Gasteiger charge is 2.14. The molecule has 0 spiro atoms. The number of ether oxygens (including phenoxy) is 2. The summed E-state index contributed by atoms with van der Waals surface area (Å²) in [5.41, 5.74) is 0.961. The van der Waals surface area contributed by atoms with Gasteiger partial charge in [0.2, 0.25) is 0 Å². The van der Waals surface area contributed by atoms with E-state index in [1.807, 2.05) is 31.2 Å². The molecule has 1 heterocycles. The van der Waals surface area contributed by atoms with Crippen molar-refractivity contribution < 1.29 is 9.47 Å². The first-order chi connectivity index (χ1) is 9.78. The fraction of sp³-hybridized carbons (Fsp3) is 0.533. The number of hydrogen-bond acceptors (Lipinski definition) is 3. The summed E-state index contributed by atoms with van der Waals surface area (Å²) in [4.78, 5) is 0. The summed E-state index contributed by atoms with van der Waals surface area (Å²) < 4.78 is 11.0. The van der Waals surface area contributed by atoms with Crippen LogP contribution in [0.15, 0.2) is 24.3 Å². The smallest absolute Gasteiger partial charge is 0.170 e. The van der Waals surface area contributed by atoms with Gasteiger partial charge in [0.25, 0.3) is 0 Å². The maximum absolute atomic E-state index is 5.57. The van der Waals surface area contributed by atoms with Crippen LogP contribution in [0.4, 0.5) is 5.69 Å². The highest BCUT2D eigenvalue weighted by atomic mass is 32.1. The molecular formula is C15H22N2O2S. The van der Waals surface area contributed by atoms with Crippen molar-refractivity contribution in [2.24, 2.45) is 0 Å². The van der Waals surface area contributed by atoms with Gasteiger partial charge < -0.3 is 20.1 Å². The molecule has 1 aromatic carbocycles. The van der Waals surface area contributed by atoms with Crippen LogP contribution in [-0.4, -0.2) is 31.0 Å². The summed E-state index contributed by atoms with van der Waals surface area (Å²) in [6, 6.07) is 7.78. The van der Waals surface area contributed by atoms with Gasteiger partial charge in [0.1, 0.15) is 5.75 Å². The molecule has 20 heavy (non-hydrogen) atoms. The lowest BCUT2D eigenvalue weighted by Gasteiger charge is -2.13. The Morgan fingerprint density at radius 2 is 2.20 bits per heavy atom. The highest BCUT2D eigenvalue weighted by Crippen LogP contribution is 2.16. The topological polar surface area (TPSA) is 42.5 Å². The quantitative estimate of drug-likeness (QED) is 0.790. The number of rotatable bonds is 6. The second-order valence-corrected chi connectivity index (χ2v) is 5.17. The summed E-state index contributed by atoms with van der Waals surface area (Å²) in [5, 5.41) is 7.01. The number of anilines is 1. The Morgan fingerprint density at radius 3 is 2.85 bits per heavy atom. The van der Waals surface area contributed by atoms with Crippen LogP contribution < -0.4 is 15.4 Å². The molecule has 0 aromatic heterocycles. The summed E-state index contributed by atoms with van der Waals surface area (Å²) in [5.74, 6) is 0.871. The third kappa shape index (κ3) is 4.98. The van der Waals surface area contributed by atoms with Crippen LogP contribution in [0.25, 0.3) is 0 Å². The minimum Gasteiger partial charge on any atom is -0.494 e. The molecule has 1 aliphatic rings. The standard InChI is InChI=1S/C15H22N2O2S/c1-2-18-14-7-5-12(6-8-14)17-15(20)16-10-9-13-4-3-11-19-13/h5-8,13H,2-4,9-11H2,1H3,(H2,16,17,20). The van der Waals surface area contributed by atoms with Crippen molar-refractivity contribution in [2.75, 3.05) is 25.1 Å². The van der Waals surface area contributed by atoms with Gasteiger partial charge in [-0.3, -0.25) is 0 Å². The predicted octanol–water partition coefficient (Wildman–Crippen LogP) is 2.94. The van der Waals surface area contributed by atoms with E-state index in [2.05, 4.69) is 10.6 Å². The van der Waals surface area contributed by atoms with Gasteiger partial charge in [-0.2, -0.15) is 0 Å². The Bertz CT molecular complexity index is 416. The number of hydrogen-bond donors (Lipinski definition) is 2. The minimum absolute atomic E-state index is 0.399. The Morgan fingerprint density at radius 1 is 1.40 bits per heavy atom. The lowest BCUT2D eigenvalue weighted by molar-refractivity contribution is 0.105. The molecule has 0 aliphatic carbocycles. The maximum atomic E-state index is 5.57. The monoisotopic (exact) mass is 294 g/mol. The number of nitrogens with one attached hydrogen (secondary N) is 2. The van der Waals surface area contributed by atoms with Gasteiger partial charge in [-0.05, 0) is 62.7 Å². The molecule has 0 amide bonds. The lowest BCUT2D eigenvalue weighted by atomic mass is 10.2. The Labute approximate surface area is 125 Å². The molecular weight excluding hydrogens is 272 g/mol. The van der Waals surface area contributed by atoms with Gasteiger partial charge in [0, 0.05) is 18.8 Å². The first-order valence-electron chi connectivity index (χ1n) is 7.17. The summed E-state index contributed by atoms with van der Waals surface area (Å²) in [7, 11) is 0. The maximum Gasteiger partial charge on any atom is 0.170 e. The molecule has 1 saturated heterocycles. The number of benzene rings is 1. The third-order valence-corrected chi connectivity index (χ3v) is 3.45. The van der Waals surface area contributed by atoms with E-state index in [9.17, 15) is 0 Å². The molecule has 5 heteroatoms. The predicted molar refractivity (Wildman–Crippen MR) is 85.4 cm³/mol. The van der Waals surface area contributed by atoms with Gasteiger partial charge in [0.05, 0.1) is 12.7 Å². The molecule has 1 atom stereocenters. The zero-order valence-electron chi connectivity index (χ0n) is 11.9. The van der Waals surface area contributed by atoms with Crippen LogP contribution in [0, 0.1) is 0 Å². The van der Waals surface area contributed by atoms with E-state index in [4.69, 9.17) is 21.7 Å². The van der Waals surface area contributed by atoms with E-state index in [0.29, 0.717) is 17.8 Å². The first-order valence-corrected chi connectivity index (χ1v) is 7.58. The van der Waals surface area contributed by atoms with Crippen molar-refractivity contribution in [3.8, 4) is 5.75 Å². The van der Waals surface area contributed by atoms with Gasteiger partial charge in [-0.15, -0.1) is 0 Å². The van der Waals surface area contributed by atoms with Gasteiger partial charge >= 0.3 is 0 Å². The molecule has 1 unspecified atom stereocenters. The molecule has 110 valence electrons. The van der Waals surface area contributed by atoms with E-state index >= 15 is 0 Å². The highest BCUT2D eigenvalue weighted by molar-refractivity contribution is 7.80. The number of thiocarbonyl (C=S) groups is 1. The van der Waals surface area contributed by atoms with Crippen molar-refractivity contribution in [2.45, 2.75) is 32.3 Å². The van der Waals surface area contributed by atoms with Crippen LogP contribution in [0.3, 0.4) is 0 Å². The molecule has 0 bridgehead atoms. The zero-order chi connectivity index (χ0) is 14.2. The van der Waals surface area contributed by atoms with E-state index in [1.165, 1.54) is 12.8 Å². The van der Waals surface area contributed by atoms with Crippen LogP contribution in [0.2, 0.25) is 0 Å².